The minimum atomic E-state index is -0.453. The lowest BCUT2D eigenvalue weighted by atomic mass is 10.1. The highest BCUT2D eigenvalue weighted by Crippen LogP contribution is 2.18. The molecule has 1 heterocycles. The van der Waals surface area contributed by atoms with Gasteiger partial charge in [-0.2, -0.15) is 5.10 Å². The van der Waals surface area contributed by atoms with Crippen LogP contribution in [0.3, 0.4) is 0 Å². The fourth-order valence-corrected chi connectivity index (χ4v) is 2.86. The van der Waals surface area contributed by atoms with E-state index in [0.29, 0.717) is 10.9 Å². The summed E-state index contributed by atoms with van der Waals surface area (Å²) in [5.74, 6) is -0.411. The lowest BCUT2D eigenvalue weighted by molar-refractivity contribution is -0.123. The molecular formula is C16H21BrClFN4O. The van der Waals surface area contributed by atoms with Gasteiger partial charge in [0.15, 0.2) is 0 Å². The standard InChI is InChI=1S/C16H20BrFN4O.ClH/c1-10(6-11-4-5-14(18)13(17)7-11)21-16(23)15(19-2)12-8-20-22(3)9-12;/h4-5,7-10,15,19H,6H2,1-3H3,(H,21,23);1H. The van der Waals surface area contributed by atoms with Crippen LogP contribution >= 0.6 is 28.3 Å². The second-order valence-electron chi connectivity index (χ2n) is 5.53. The summed E-state index contributed by atoms with van der Waals surface area (Å²) in [6.07, 6.45) is 4.10. The topological polar surface area (TPSA) is 59.0 Å². The van der Waals surface area contributed by atoms with Crippen molar-refractivity contribution < 1.29 is 9.18 Å². The summed E-state index contributed by atoms with van der Waals surface area (Å²) in [6, 6.07) is 4.34. The van der Waals surface area contributed by atoms with Gasteiger partial charge in [-0.3, -0.25) is 9.48 Å². The number of rotatable bonds is 6. The summed E-state index contributed by atoms with van der Waals surface area (Å²) in [6.45, 7) is 1.92. The molecule has 24 heavy (non-hydrogen) atoms. The first-order chi connectivity index (χ1) is 10.9. The maximum Gasteiger partial charge on any atom is 0.242 e. The predicted molar refractivity (Wildman–Crippen MR) is 97.7 cm³/mol. The zero-order chi connectivity index (χ0) is 17.0. The fourth-order valence-electron chi connectivity index (χ4n) is 2.44. The molecule has 0 aliphatic carbocycles. The molecule has 0 aliphatic heterocycles. The van der Waals surface area contributed by atoms with Crippen LogP contribution in [0.25, 0.3) is 0 Å². The van der Waals surface area contributed by atoms with Gasteiger partial charge in [0.25, 0.3) is 0 Å². The minimum absolute atomic E-state index is 0. The Labute approximate surface area is 155 Å². The maximum absolute atomic E-state index is 13.3. The molecule has 132 valence electrons. The number of carbonyl (C=O) groups excluding carboxylic acids is 1. The van der Waals surface area contributed by atoms with Gasteiger partial charge in [0.1, 0.15) is 11.9 Å². The predicted octanol–water partition coefficient (Wildman–Crippen LogP) is 2.75. The van der Waals surface area contributed by atoms with Crippen LogP contribution in [0, 0.1) is 5.82 Å². The lowest BCUT2D eigenvalue weighted by Crippen LogP contribution is -2.41. The summed E-state index contributed by atoms with van der Waals surface area (Å²) in [7, 11) is 3.54. The van der Waals surface area contributed by atoms with E-state index in [1.54, 1.807) is 30.1 Å². The first-order valence-electron chi connectivity index (χ1n) is 7.30. The molecule has 0 radical (unpaired) electrons. The Morgan fingerprint density at radius 1 is 1.46 bits per heavy atom. The molecule has 8 heteroatoms. The number of amides is 1. The number of hydrogen-bond acceptors (Lipinski definition) is 3. The van der Waals surface area contributed by atoms with Crippen LogP contribution in [-0.4, -0.2) is 28.8 Å². The minimum Gasteiger partial charge on any atom is -0.352 e. The molecule has 2 atom stereocenters. The third kappa shape index (κ3) is 5.29. The van der Waals surface area contributed by atoms with E-state index in [4.69, 9.17) is 0 Å². The van der Waals surface area contributed by atoms with E-state index < -0.39 is 6.04 Å². The first-order valence-corrected chi connectivity index (χ1v) is 8.10. The molecule has 0 bridgehead atoms. The van der Waals surface area contributed by atoms with Crippen molar-refractivity contribution in [2.75, 3.05) is 7.05 Å². The van der Waals surface area contributed by atoms with Crippen LogP contribution in [0.4, 0.5) is 4.39 Å². The van der Waals surface area contributed by atoms with Gasteiger partial charge in [0.05, 0.1) is 10.7 Å². The zero-order valence-corrected chi connectivity index (χ0v) is 16.1. The molecule has 1 aromatic carbocycles. The number of benzene rings is 1. The third-order valence-electron chi connectivity index (χ3n) is 3.52. The Kier molecular flexibility index (Phi) is 7.86. The van der Waals surface area contributed by atoms with Gasteiger partial charge < -0.3 is 10.6 Å². The van der Waals surface area contributed by atoms with Gasteiger partial charge in [0.2, 0.25) is 5.91 Å². The number of likely N-dealkylation sites (N-methyl/N-ethyl adjacent to an activating group) is 1. The van der Waals surface area contributed by atoms with Crippen molar-refractivity contribution in [3.8, 4) is 0 Å². The summed E-state index contributed by atoms with van der Waals surface area (Å²) in [5, 5.41) is 10.1. The van der Waals surface area contributed by atoms with Gasteiger partial charge in [-0.25, -0.2) is 4.39 Å². The molecule has 1 amide bonds. The van der Waals surface area contributed by atoms with Crippen LogP contribution in [0.2, 0.25) is 0 Å². The molecule has 0 saturated heterocycles. The number of halogens is 3. The number of aryl methyl sites for hydroxylation is 1. The Balaban J connectivity index is 0.00000288. The van der Waals surface area contributed by atoms with Crippen molar-refractivity contribution in [2.24, 2.45) is 7.05 Å². The van der Waals surface area contributed by atoms with E-state index in [0.717, 1.165) is 11.1 Å². The van der Waals surface area contributed by atoms with Gasteiger partial charge in [-0.1, -0.05) is 6.07 Å². The molecule has 0 saturated carbocycles. The monoisotopic (exact) mass is 418 g/mol. The maximum atomic E-state index is 13.3. The number of hydrogen-bond donors (Lipinski definition) is 2. The highest BCUT2D eigenvalue weighted by Gasteiger charge is 2.21. The lowest BCUT2D eigenvalue weighted by Gasteiger charge is -2.19. The van der Waals surface area contributed by atoms with Gasteiger partial charge >= 0.3 is 0 Å². The Morgan fingerprint density at radius 3 is 2.71 bits per heavy atom. The largest absolute Gasteiger partial charge is 0.352 e. The third-order valence-corrected chi connectivity index (χ3v) is 4.13. The summed E-state index contributed by atoms with van der Waals surface area (Å²) >= 11 is 3.17. The van der Waals surface area contributed by atoms with Gasteiger partial charge in [-0.15, -0.1) is 12.4 Å². The molecule has 2 N–H and O–H groups in total. The SMILES string of the molecule is CNC(C(=O)NC(C)Cc1ccc(F)c(Br)c1)c1cnn(C)c1.Cl. The van der Waals surface area contributed by atoms with Crippen molar-refractivity contribution in [3.05, 3.63) is 52.0 Å². The van der Waals surface area contributed by atoms with E-state index in [-0.39, 0.29) is 30.2 Å². The van der Waals surface area contributed by atoms with Crippen LogP contribution < -0.4 is 10.6 Å². The van der Waals surface area contributed by atoms with Crippen LogP contribution in [0.1, 0.15) is 24.1 Å². The Bertz CT molecular complexity index is 694. The summed E-state index contributed by atoms with van der Waals surface area (Å²) in [4.78, 5) is 12.4. The van der Waals surface area contributed by atoms with Crippen LogP contribution in [0.15, 0.2) is 35.1 Å². The number of nitrogens with one attached hydrogen (secondary N) is 2. The fraction of sp³-hybridized carbons (Fsp3) is 0.375. The van der Waals surface area contributed by atoms with Crippen molar-refractivity contribution in [3.63, 3.8) is 0 Å². The van der Waals surface area contributed by atoms with Crippen LogP contribution in [0.5, 0.6) is 0 Å². The van der Waals surface area contributed by atoms with Gasteiger partial charge in [0, 0.05) is 24.8 Å². The van der Waals surface area contributed by atoms with E-state index in [1.165, 1.54) is 6.07 Å². The smallest absolute Gasteiger partial charge is 0.242 e. The van der Waals surface area contributed by atoms with E-state index in [1.807, 2.05) is 20.2 Å². The highest BCUT2D eigenvalue weighted by molar-refractivity contribution is 9.10. The molecular weight excluding hydrogens is 399 g/mol. The van der Waals surface area contributed by atoms with Crippen molar-refractivity contribution in [2.45, 2.75) is 25.4 Å². The summed E-state index contributed by atoms with van der Waals surface area (Å²) in [5.41, 5.74) is 1.76. The zero-order valence-electron chi connectivity index (χ0n) is 13.7. The Morgan fingerprint density at radius 2 is 2.17 bits per heavy atom. The molecule has 2 rings (SSSR count). The second kappa shape index (κ2) is 9.15. The second-order valence-corrected chi connectivity index (χ2v) is 6.39. The van der Waals surface area contributed by atoms with Crippen LogP contribution in [-0.2, 0) is 18.3 Å². The van der Waals surface area contributed by atoms with Crippen molar-refractivity contribution in [1.82, 2.24) is 20.4 Å². The van der Waals surface area contributed by atoms with E-state index in [2.05, 4.69) is 31.7 Å². The molecule has 2 unspecified atom stereocenters. The molecule has 5 nitrogen and oxygen atoms in total. The summed E-state index contributed by atoms with van der Waals surface area (Å²) < 4.78 is 15.3. The normalized spacial score (nSPS) is 13.0. The number of nitrogens with zero attached hydrogens (tertiary/aromatic N) is 2. The number of carbonyl (C=O) groups is 1. The van der Waals surface area contributed by atoms with E-state index in [9.17, 15) is 9.18 Å². The molecule has 0 spiro atoms. The highest BCUT2D eigenvalue weighted by atomic mass is 79.9. The quantitative estimate of drug-likeness (QED) is 0.757. The molecule has 0 fully saturated rings. The molecule has 0 aliphatic rings. The first kappa shape index (κ1) is 20.6. The van der Waals surface area contributed by atoms with E-state index >= 15 is 0 Å². The molecule has 2 aromatic rings. The number of aromatic nitrogens is 2. The van der Waals surface area contributed by atoms with Gasteiger partial charge in [-0.05, 0) is 54.0 Å². The van der Waals surface area contributed by atoms with Crippen molar-refractivity contribution in [1.29, 1.82) is 0 Å². The average Bonchev–Trinajstić information content (AvgIpc) is 2.90. The van der Waals surface area contributed by atoms with Crippen molar-refractivity contribution >= 4 is 34.2 Å². The molecule has 1 aromatic heterocycles. The average molecular weight is 420 g/mol. The Hall–Kier alpha value is -1.44.